The number of aliphatic hydroxyl groups excluding tert-OH is 5. The molecule has 1 aliphatic heterocycles. The molecule has 0 aliphatic carbocycles. The minimum Gasteiger partial charge on any atom is -0.504 e. The van der Waals surface area contributed by atoms with E-state index in [-0.39, 0.29) is 18.1 Å². The van der Waals surface area contributed by atoms with Gasteiger partial charge in [-0.2, -0.15) is 0 Å². The van der Waals surface area contributed by atoms with Crippen molar-refractivity contribution in [2.24, 2.45) is 0 Å². The summed E-state index contributed by atoms with van der Waals surface area (Å²) in [4.78, 5) is 0. The normalized spacial score (nSPS) is 32.0. The summed E-state index contributed by atoms with van der Waals surface area (Å²) < 4.78 is 10.5. The molecule has 1 aromatic rings. The summed E-state index contributed by atoms with van der Waals surface area (Å²) in [5, 5.41) is 57.0. The molecule has 0 aromatic heterocycles. The van der Waals surface area contributed by atoms with Crippen LogP contribution in [0, 0.1) is 0 Å². The molecule has 1 aliphatic rings. The van der Waals surface area contributed by atoms with Gasteiger partial charge in [-0.15, -0.1) is 0 Å². The Labute approximate surface area is 126 Å². The van der Waals surface area contributed by atoms with Crippen LogP contribution in [0.4, 0.5) is 0 Å². The second-order valence-electron chi connectivity index (χ2n) is 5.09. The van der Waals surface area contributed by atoms with E-state index in [9.17, 15) is 20.4 Å². The number of ether oxygens (including phenoxy) is 2. The summed E-state index contributed by atoms with van der Waals surface area (Å²) in [6.45, 7) is -0.626. The number of aromatic hydroxyl groups is 1. The average Bonchev–Trinajstić information content (AvgIpc) is 2.50. The molecule has 0 radical (unpaired) electrons. The van der Waals surface area contributed by atoms with Crippen LogP contribution < -0.4 is 4.74 Å². The standard InChI is InChI=1S/C14H20O8/c15-4-3-7-1-2-9(8(17)5-7)21-14-13(20)12(19)11(18)10(6-16)22-14/h1-2,5,10-20H,3-4,6H2/t10-,11-,12+,13-,14+/m1/s1. The van der Waals surface area contributed by atoms with Gasteiger partial charge in [-0.05, 0) is 24.1 Å². The zero-order chi connectivity index (χ0) is 16.3. The maximum Gasteiger partial charge on any atom is 0.229 e. The van der Waals surface area contributed by atoms with E-state index in [1.807, 2.05) is 0 Å². The van der Waals surface area contributed by atoms with Crippen molar-refractivity contribution in [3.8, 4) is 11.5 Å². The molecule has 22 heavy (non-hydrogen) atoms. The third kappa shape index (κ3) is 3.49. The van der Waals surface area contributed by atoms with Crippen LogP contribution in [0.1, 0.15) is 5.56 Å². The van der Waals surface area contributed by atoms with Gasteiger partial charge in [0, 0.05) is 6.61 Å². The highest BCUT2D eigenvalue weighted by Crippen LogP contribution is 2.31. The third-order valence-corrected chi connectivity index (χ3v) is 3.52. The van der Waals surface area contributed by atoms with Gasteiger partial charge in [-0.3, -0.25) is 0 Å². The Hall–Kier alpha value is -1.42. The molecule has 5 atom stereocenters. The number of phenolic OH excluding ortho intramolecular Hbond substituents is 1. The molecular formula is C14H20O8. The van der Waals surface area contributed by atoms with Crippen molar-refractivity contribution < 1.29 is 40.1 Å². The lowest BCUT2D eigenvalue weighted by Crippen LogP contribution is -2.60. The summed E-state index contributed by atoms with van der Waals surface area (Å²) in [7, 11) is 0. The molecule has 1 heterocycles. The lowest BCUT2D eigenvalue weighted by atomic mass is 9.99. The fourth-order valence-electron chi connectivity index (χ4n) is 2.24. The number of phenols is 1. The van der Waals surface area contributed by atoms with Gasteiger partial charge < -0.3 is 40.1 Å². The van der Waals surface area contributed by atoms with E-state index >= 15 is 0 Å². The van der Waals surface area contributed by atoms with Crippen LogP contribution in [0.5, 0.6) is 11.5 Å². The molecule has 1 aromatic carbocycles. The van der Waals surface area contributed by atoms with Crippen molar-refractivity contribution >= 4 is 0 Å². The minimum atomic E-state index is -1.55. The fourth-order valence-corrected chi connectivity index (χ4v) is 2.24. The van der Waals surface area contributed by atoms with Crippen molar-refractivity contribution in [3.63, 3.8) is 0 Å². The summed E-state index contributed by atoms with van der Waals surface area (Å²) in [6.07, 6.45) is -6.64. The maximum absolute atomic E-state index is 9.87. The summed E-state index contributed by atoms with van der Waals surface area (Å²) in [5.74, 6) is -0.214. The molecule has 6 N–H and O–H groups in total. The number of hydrogen-bond acceptors (Lipinski definition) is 8. The van der Waals surface area contributed by atoms with E-state index < -0.39 is 37.3 Å². The van der Waals surface area contributed by atoms with Crippen LogP contribution in [0.3, 0.4) is 0 Å². The Morgan fingerprint density at radius 1 is 1.05 bits per heavy atom. The quantitative estimate of drug-likeness (QED) is 0.370. The van der Waals surface area contributed by atoms with Crippen LogP contribution in [0.15, 0.2) is 18.2 Å². The molecule has 1 saturated heterocycles. The Morgan fingerprint density at radius 3 is 2.36 bits per heavy atom. The smallest absolute Gasteiger partial charge is 0.229 e. The van der Waals surface area contributed by atoms with Crippen molar-refractivity contribution in [3.05, 3.63) is 23.8 Å². The van der Waals surface area contributed by atoms with Crippen LogP contribution in [0.25, 0.3) is 0 Å². The van der Waals surface area contributed by atoms with E-state index in [1.54, 1.807) is 6.07 Å². The molecule has 0 saturated carbocycles. The summed E-state index contributed by atoms with van der Waals surface area (Å²) in [6, 6.07) is 4.45. The first-order valence-corrected chi connectivity index (χ1v) is 6.88. The highest BCUT2D eigenvalue weighted by molar-refractivity contribution is 5.42. The first kappa shape index (κ1) is 16.9. The van der Waals surface area contributed by atoms with Crippen LogP contribution in [0.2, 0.25) is 0 Å². The zero-order valence-corrected chi connectivity index (χ0v) is 11.7. The predicted molar refractivity (Wildman–Crippen MR) is 73.3 cm³/mol. The van der Waals surface area contributed by atoms with Gasteiger partial charge in [0.2, 0.25) is 6.29 Å². The monoisotopic (exact) mass is 316 g/mol. The molecule has 124 valence electrons. The zero-order valence-electron chi connectivity index (χ0n) is 11.7. The highest BCUT2D eigenvalue weighted by Gasteiger charge is 2.44. The van der Waals surface area contributed by atoms with Gasteiger partial charge >= 0.3 is 0 Å². The topological polar surface area (TPSA) is 140 Å². The van der Waals surface area contributed by atoms with Crippen molar-refractivity contribution in [1.29, 1.82) is 0 Å². The van der Waals surface area contributed by atoms with Crippen molar-refractivity contribution in [1.82, 2.24) is 0 Å². The average molecular weight is 316 g/mol. The van der Waals surface area contributed by atoms with Crippen LogP contribution in [-0.4, -0.2) is 74.6 Å². The lowest BCUT2D eigenvalue weighted by molar-refractivity contribution is -0.277. The molecule has 1 fully saturated rings. The van der Waals surface area contributed by atoms with Crippen LogP contribution in [-0.2, 0) is 11.2 Å². The first-order valence-electron chi connectivity index (χ1n) is 6.88. The molecule has 8 nitrogen and oxygen atoms in total. The number of hydrogen-bond donors (Lipinski definition) is 6. The van der Waals surface area contributed by atoms with E-state index in [2.05, 4.69) is 0 Å². The second kappa shape index (κ2) is 7.23. The molecular weight excluding hydrogens is 296 g/mol. The lowest BCUT2D eigenvalue weighted by Gasteiger charge is -2.39. The minimum absolute atomic E-state index is 0.00557. The van der Waals surface area contributed by atoms with Crippen LogP contribution >= 0.6 is 0 Å². The van der Waals surface area contributed by atoms with Gasteiger partial charge in [0.15, 0.2) is 11.5 Å². The van der Waals surface area contributed by atoms with E-state index in [0.29, 0.717) is 12.0 Å². The Kier molecular flexibility index (Phi) is 5.57. The SMILES string of the molecule is OCCc1ccc(O[C@H]2O[C@H](CO)[C@@H](O)[C@H](O)[C@H]2O)c(O)c1. The van der Waals surface area contributed by atoms with Gasteiger partial charge in [0.25, 0.3) is 0 Å². The highest BCUT2D eigenvalue weighted by atomic mass is 16.7. The molecule has 0 unspecified atom stereocenters. The second-order valence-corrected chi connectivity index (χ2v) is 5.09. The Morgan fingerprint density at radius 2 is 1.77 bits per heavy atom. The summed E-state index contributed by atoms with van der Waals surface area (Å²) in [5.41, 5.74) is 0.696. The molecule has 0 spiro atoms. The maximum atomic E-state index is 9.87. The van der Waals surface area contributed by atoms with Crippen molar-refractivity contribution in [2.75, 3.05) is 13.2 Å². The fraction of sp³-hybridized carbons (Fsp3) is 0.571. The Balaban J connectivity index is 2.12. The van der Waals surface area contributed by atoms with Gasteiger partial charge in [-0.25, -0.2) is 0 Å². The predicted octanol–water partition coefficient (Wildman–Crippen LogP) is -1.89. The first-order chi connectivity index (χ1) is 10.5. The van der Waals surface area contributed by atoms with E-state index in [4.69, 9.17) is 19.7 Å². The van der Waals surface area contributed by atoms with Crippen molar-refractivity contribution in [2.45, 2.75) is 37.1 Å². The number of rotatable bonds is 5. The third-order valence-electron chi connectivity index (χ3n) is 3.52. The number of aliphatic hydroxyl groups is 5. The van der Waals surface area contributed by atoms with E-state index in [1.165, 1.54) is 12.1 Å². The largest absolute Gasteiger partial charge is 0.504 e. The van der Waals surface area contributed by atoms with E-state index in [0.717, 1.165) is 0 Å². The number of benzene rings is 1. The van der Waals surface area contributed by atoms with Gasteiger partial charge in [0.05, 0.1) is 6.61 Å². The molecule has 0 bridgehead atoms. The summed E-state index contributed by atoms with van der Waals surface area (Å²) >= 11 is 0. The van der Waals surface area contributed by atoms with Gasteiger partial charge in [-0.1, -0.05) is 6.07 Å². The molecule has 8 heteroatoms. The Bertz CT molecular complexity index is 492. The molecule has 2 rings (SSSR count). The van der Waals surface area contributed by atoms with Gasteiger partial charge in [0.1, 0.15) is 24.4 Å². The molecule has 0 amide bonds.